The lowest BCUT2D eigenvalue weighted by Gasteiger charge is -2.05. The lowest BCUT2D eigenvalue weighted by molar-refractivity contribution is -0.134. The van der Waals surface area contributed by atoms with Crippen molar-refractivity contribution in [2.45, 2.75) is 58.3 Å². The molecule has 5 nitrogen and oxygen atoms in total. The molecule has 0 aliphatic carbocycles. The van der Waals surface area contributed by atoms with Gasteiger partial charge in [-0.15, -0.1) is 0 Å². The normalized spacial score (nSPS) is 12.3. The maximum Gasteiger partial charge on any atom is 0.311 e. The number of esters is 1. The second kappa shape index (κ2) is 11.9. The lowest BCUT2D eigenvalue weighted by Crippen LogP contribution is -2.07. The first-order chi connectivity index (χ1) is 15.2. The van der Waals surface area contributed by atoms with Crippen molar-refractivity contribution in [1.29, 1.82) is 0 Å². The number of hydrogen-bond acceptors (Lipinski definition) is 5. The Bertz CT molecular complexity index is 899. The zero-order valence-electron chi connectivity index (χ0n) is 18.1. The SMILES string of the molecule is CCCCCCCCCC(=O)Oc1ccc(C(=O)/C=C\c2ccc3c(c2)OCO3)cc1. The minimum absolute atomic E-state index is 0.126. The van der Waals surface area contributed by atoms with E-state index in [2.05, 4.69) is 6.92 Å². The Balaban J connectivity index is 1.42. The van der Waals surface area contributed by atoms with Crippen LogP contribution in [0.5, 0.6) is 17.2 Å². The molecule has 2 aromatic carbocycles. The van der Waals surface area contributed by atoms with E-state index >= 15 is 0 Å². The predicted molar refractivity (Wildman–Crippen MR) is 121 cm³/mol. The molecule has 1 heterocycles. The molecule has 0 saturated carbocycles. The minimum Gasteiger partial charge on any atom is -0.454 e. The Hall–Kier alpha value is -3.08. The Morgan fingerprint density at radius 2 is 1.61 bits per heavy atom. The molecular weight excluding hydrogens is 392 g/mol. The molecule has 1 aliphatic rings. The molecule has 0 N–H and O–H groups in total. The van der Waals surface area contributed by atoms with Crippen molar-refractivity contribution in [2.24, 2.45) is 0 Å². The fourth-order valence-electron chi connectivity index (χ4n) is 3.38. The van der Waals surface area contributed by atoms with E-state index in [1.165, 1.54) is 38.2 Å². The fourth-order valence-corrected chi connectivity index (χ4v) is 3.38. The van der Waals surface area contributed by atoms with Crippen LogP contribution in [-0.4, -0.2) is 18.5 Å². The Kier molecular flexibility index (Phi) is 8.71. The number of hydrogen-bond donors (Lipinski definition) is 0. The molecule has 0 atom stereocenters. The van der Waals surface area contributed by atoms with E-state index in [1.807, 2.05) is 18.2 Å². The summed E-state index contributed by atoms with van der Waals surface area (Å²) in [6.07, 6.45) is 11.8. The lowest BCUT2D eigenvalue weighted by atomic mass is 10.1. The zero-order chi connectivity index (χ0) is 21.9. The number of fused-ring (bicyclic) bond motifs is 1. The summed E-state index contributed by atoms with van der Waals surface area (Å²) >= 11 is 0. The van der Waals surface area contributed by atoms with Crippen LogP contribution < -0.4 is 14.2 Å². The molecule has 0 fully saturated rings. The van der Waals surface area contributed by atoms with Crippen LogP contribution in [0, 0.1) is 0 Å². The second-order valence-electron chi connectivity index (χ2n) is 7.68. The molecule has 1 aliphatic heterocycles. The number of carbonyl (C=O) groups is 2. The van der Waals surface area contributed by atoms with Crippen molar-refractivity contribution in [3.05, 3.63) is 59.7 Å². The quantitative estimate of drug-likeness (QED) is 0.131. The van der Waals surface area contributed by atoms with Crippen LogP contribution in [-0.2, 0) is 4.79 Å². The van der Waals surface area contributed by atoms with Gasteiger partial charge in [0, 0.05) is 12.0 Å². The average molecular weight is 423 g/mol. The molecule has 0 bridgehead atoms. The van der Waals surface area contributed by atoms with E-state index < -0.39 is 0 Å². The molecule has 0 unspecified atom stereocenters. The number of unbranched alkanes of at least 4 members (excludes halogenated alkanes) is 6. The monoisotopic (exact) mass is 422 g/mol. The molecular formula is C26H30O5. The van der Waals surface area contributed by atoms with Crippen LogP contribution >= 0.6 is 0 Å². The van der Waals surface area contributed by atoms with Crippen LogP contribution in [0.3, 0.4) is 0 Å². The number of allylic oxidation sites excluding steroid dienone is 1. The van der Waals surface area contributed by atoms with Crippen molar-refractivity contribution >= 4 is 17.8 Å². The number of ether oxygens (including phenoxy) is 3. The van der Waals surface area contributed by atoms with Gasteiger partial charge in [0.05, 0.1) is 0 Å². The third kappa shape index (κ3) is 7.28. The van der Waals surface area contributed by atoms with Crippen molar-refractivity contribution < 1.29 is 23.8 Å². The summed E-state index contributed by atoms with van der Waals surface area (Å²) in [5.74, 6) is 1.50. The Labute approximate surface area is 184 Å². The summed E-state index contributed by atoms with van der Waals surface area (Å²) in [4.78, 5) is 24.4. The summed E-state index contributed by atoms with van der Waals surface area (Å²) < 4.78 is 16.0. The van der Waals surface area contributed by atoms with E-state index in [0.29, 0.717) is 29.2 Å². The van der Waals surface area contributed by atoms with Gasteiger partial charge < -0.3 is 14.2 Å². The van der Waals surface area contributed by atoms with Crippen LogP contribution in [0.2, 0.25) is 0 Å². The highest BCUT2D eigenvalue weighted by molar-refractivity contribution is 6.06. The largest absolute Gasteiger partial charge is 0.454 e. The Morgan fingerprint density at radius 3 is 2.39 bits per heavy atom. The van der Waals surface area contributed by atoms with Crippen LogP contribution in [0.4, 0.5) is 0 Å². The molecule has 31 heavy (non-hydrogen) atoms. The van der Waals surface area contributed by atoms with E-state index in [1.54, 1.807) is 30.3 Å². The van der Waals surface area contributed by atoms with Crippen molar-refractivity contribution in [3.63, 3.8) is 0 Å². The van der Waals surface area contributed by atoms with Crippen LogP contribution in [0.15, 0.2) is 48.5 Å². The first-order valence-electron chi connectivity index (χ1n) is 11.1. The van der Waals surface area contributed by atoms with Crippen LogP contribution in [0.1, 0.15) is 74.2 Å². The smallest absolute Gasteiger partial charge is 0.311 e. The topological polar surface area (TPSA) is 61.8 Å². The molecule has 164 valence electrons. The van der Waals surface area contributed by atoms with Gasteiger partial charge in [0.2, 0.25) is 6.79 Å². The van der Waals surface area contributed by atoms with Gasteiger partial charge in [-0.2, -0.15) is 0 Å². The molecule has 5 heteroatoms. The zero-order valence-corrected chi connectivity index (χ0v) is 18.1. The number of benzene rings is 2. The highest BCUT2D eigenvalue weighted by atomic mass is 16.7. The summed E-state index contributed by atoms with van der Waals surface area (Å²) in [7, 11) is 0. The van der Waals surface area contributed by atoms with Gasteiger partial charge in [0.1, 0.15) is 5.75 Å². The third-order valence-corrected chi connectivity index (χ3v) is 5.18. The number of rotatable bonds is 12. The van der Waals surface area contributed by atoms with Gasteiger partial charge in [-0.25, -0.2) is 0 Å². The molecule has 3 rings (SSSR count). The average Bonchev–Trinajstić information content (AvgIpc) is 3.25. The maximum absolute atomic E-state index is 12.4. The fraction of sp³-hybridized carbons (Fsp3) is 0.385. The van der Waals surface area contributed by atoms with Gasteiger partial charge in [0.25, 0.3) is 0 Å². The third-order valence-electron chi connectivity index (χ3n) is 5.18. The molecule has 0 amide bonds. The second-order valence-corrected chi connectivity index (χ2v) is 7.68. The molecule has 0 aromatic heterocycles. The summed E-state index contributed by atoms with van der Waals surface area (Å²) in [6, 6.07) is 12.2. The standard InChI is InChI=1S/C26H30O5/c1-2-3-4-5-6-7-8-9-26(28)31-22-14-12-21(13-15-22)23(27)16-10-20-11-17-24-25(18-20)30-19-29-24/h10-18H,2-9,19H2,1H3/b16-10-. The molecule has 0 spiro atoms. The van der Waals surface area contributed by atoms with E-state index in [4.69, 9.17) is 14.2 Å². The van der Waals surface area contributed by atoms with Crippen LogP contribution in [0.25, 0.3) is 6.08 Å². The molecule has 0 saturated heterocycles. The van der Waals surface area contributed by atoms with Crippen molar-refractivity contribution in [2.75, 3.05) is 6.79 Å². The Morgan fingerprint density at radius 1 is 0.903 bits per heavy atom. The number of ketones is 1. The highest BCUT2D eigenvalue weighted by Gasteiger charge is 2.12. The predicted octanol–water partition coefficient (Wildman–Crippen LogP) is 6.36. The summed E-state index contributed by atoms with van der Waals surface area (Å²) in [6.45, 7) is 2.42. The van der Waals surface area contributed by atoms with Crippen molar-refractivity contribution in [3.8, 4) is 17.2 Å². The molecule has 2 aromatic rings. The minimum atomic E-state index is -0.227. The molecule has 0 radical (unpaired) electrons. The van der Waals surface area contributed by atoms with Gasteiger partial charge >= 0.3 is 5.97 Å². The highest BCUT2D eigenvalue weighted by Crippen LogP contribution is 2.32. The summed E-state index contributed by atoms with van der Waals surface area (Å²) in [5, 5.41) is 0. The van der Waals surface area contributed by atoms with E-state index in [0.717, 1.165) is 18.4 Å². The van der Waals surface area contributed by atoms with Gasteiger partial charge in [-0.1, -0.05) is 57.6 Å². The number of carbonyl (C=O) groups excluding carboxylic acids is 2. The maximum atomic E-state index is 12.4. The first-order valence-corrected chi connectivity index (χ1v) is 11.1. The van der Waals surface area contributed by atoms with Gasteiger partial charge in [-0.3, -0.25) is 9.59 Å². The van der Waals surface area contributed by atoms with Gasteiger partial charge in [-0.05, 0) is 54.5 Å². The van der Waals surface area contributed by atoms with E-state index in [9.17, 15) is 9.59 Å². The van der Waals surface area contributed by atoms with Gasteiger partial charge in [0.15, 0.2) is 17.3 Å². The first kappa shape index (κ1) is 22.6. The summed E-state index contributed by atoms with van der Waals surface area (Å²) in [5.41, 5.74) is 1.39. The van der Waals surface area contributed by atoms with E-state index in [-0.39, 0.29) is 18.5 Å². The van der Waals surface area contributed by atoms with Crippen molar-refractivity contribution in [1.82, 2.24) is 0 Å².